The molecule has 0 aromatic carbocycles. The van der Waals surface area contributed by atoms with Gasteiger partial charge in [-0.05, 0) is 48.9 Å². The van der Waals surface area contributed by atoms with Gasteiger partial charge < -0.3 is 10.1 Å². The van der Waals surface area contributed by atoms with Gasteiger partial charge in [-0.25, -0.2) is 0 Å². The van der Waals surface area contributed by atoms with Gasteiger partial charge in [0.2, 0.25) is 0 Å². The number of ether oxygens (including phenoxy) is 1. The first kappa shape index (κ1) is 12.1. The molecule has 0 spiro atoms. The number of aromatic nitrogens is 1. The first-order valence-corrected chi connectivity index (χ1v) is 7.34. The highest BCUT2D eigenvalue weighted by Crippen LogP contribution is 2.31. The van der Waals surface area contributed by atoms with E-state index >= 15 is 0 Å². The van der Waals surface area contributed by atoms with E-state index in [1.807, 2.05) is 13.2 Å². The Labute approximate surface area is 111 Å². The minimum Gasteiger partial charge on any atom is -0.381 e. The molecule has 1 atom stereocenters. The fourth-order valence-corrected chi connectivity index (χ4v) is 3.54. The Bertz CT molecular complexity index is 519. The van der Waals surface area contributed by atoms with Crippen LogP contribution in [0.1, 0.15) is 24.4 Å². The van der Waals surface area contributed by atoms with Crippen LogP contribution in [0.25, 0.3) is 10.2 Å². The lowest BCUT2D eigenvalue weighted by Gasteiger charge is -2.30. The van der Waals surface area contributed by atoms with Crippen LogP contribution in [0.2, 0.25) is 0 Å². The van der Waals surface area contributed by atoms with Crippen LogP contribution < -0.4 is 5.32 Å². The van der Waals surface area contributed by atoms with E-state index in [-0.39, 0.29) is 0 Å². The number of pyridine rings is 1. The predicted octanol–water partition coefficient (Wildman–Crippen LogP) is 2.98. The number of nitrogens with one attached hydrogen (secondary N) is 1. The van der Waals surface area contributed by atoms with E-state index in [0.29, 0.717) is 12.0 Å². The summed E-state index contributed by atoms with van der Waals surface area (Å²) in [5.41, 5.74) is 2.41. The average molecular weight is 262 g/mol. The molecule has 1 fully saturated rings. The zero-order valence-corrected chi connectivity index (χ0v) is 11.4. The summed E-state index contributed by atoms with van der Waals surface area (Å²) in [5.74, 6) is 0.656. The van der Waals surface area contributed by atoms with Crippen molar-refractivity contribution in [2.24, 2.45) is 5.92 Å². The van der Waals surface area contributed by atoms with E-state index in [4.69, 9.17) is 4.74 Å². The van der Waals surface area contributed by atoms with Crippen LogP contribution in [0, 0.1) is 5.92 Å². The summed E-state index contributed by atoms with van der Waals surface area (Å²) in [5, 5.41) is 5.56. The zero-order valence-electron chi connectivity index (χ0n) is 10.6. The van der Waals surface area contributed by atoms with Gasteiger partial charge in [-0.2, -0.15) is 0 Å². The lowest BCUT2D eigenvalue weighted by atomic mass is 9.88. The molecular weight excluding hydrogens is 244 g/mol. The molecule has 0 bridgehead atoms. The Morgan fingerprint density at radius 2 is 2.28 bits per heavy atom. The molecular formula is C14H18N2OS. The van der Waals surface area contributed by atoms with Crippen molar-refractivity contribution in [2.45, 2.75) is 18.9 Å². The van der Waals surface area contributed by atoms with Crippen LogP contribution in [-0.2, 0) is 4.74 Å². The highest BCUT2D eigenvalue weighted by atomic mass is 32.1. The summed E-state index contributed by atoms with van der Waals surface area (Å²) in [6.07, 6.45) is 4.29. The second kappa shape index (κ2) is 5.34. The van der Waals surface area contributed by atoms with Crippen molar-refractivity contribution in [1.29, 1.82) is 0 Å². The minimum atomic E-state index is 0.396. The van der Waals surface area contributed by atoms with E-state index in [2.05, 4.69) is 27.8 Å². The molecule has 4 heteroatoms. The van der Waals surface area contributed by atoms with Gasteiger partial charge in [0.25, 0.3) is 0 Å². The lowest BCUT2D eigenvalue weighted by Crippen LogP contribution is -2.30. The molecule has 1 saturated heterocycles. The van der Waals surface area contributed by atoms with Gasteiger partial charge in [0.05, 0.1) is 10.2 Å². The van der Waals surface area contributed by atoms with Gasteiger partial charge in [-0.15, -0.1) is 11.3 Å². The number of fused-ring (bicyclic) bond motifs is 1. The molecule has 1 unspecified atom stereocenters. The molecule has 2 aromatic heterocycles. The lowest BCUT2D eigenvalue weighted by molar-refractivity contribution is 0.0546. The molecule has 96 valence electrons. The molecule has 0 aliphatic carbocycles. The number of rotatable bonds is 3. The summed E-state index contributed by atoms with van der Waals surface area (Å²) < 4.78 is 6.72. The largest absolute Gasteiger partial charge is 0.381 e. The van der Waals surface area contributed by atoms with Crippen molar-refractivity contribution in [3.05, 3.63) is 29.3 Å². The maximum atomic E-state index is 5.45. The van der Waals surface area contributed by atoms with Gasteiger partial charge in [0.1, 0.15) is 0 Å². The zero-order chi connectivity index (χ0) is 12.4. The van der Waals surface area contributed by atoms with Crippen LogP contribution in [-0.4, -0.2) is 25.2 Å². The molecule has 3 rings (SSSR count). The van der Waals surface area contributed by atoms with Crippen LogP contribution in [0.3, 0.4) is 0 Å². The van der Waals surface area contributed by atoms with Crippen molar-refractivity contribution in [1.82, 2.24) is 10.3 Å². The molecule has 3 heterocycles. The molecule has 18 heavy (non-hydrogen) atoms. The Morgan fingerprint density at radius 3 is 3.06 bits per heavy atom. The third kappa shape index (κ3) is 2.28. The van der Waals surface area contributed by atoms with E-state index in [9.17, 15) is 0 Å². The highest BCUT2D eigenvalue weighted by Gasteiger charge is 2.24. The highest BCUT2D eigenvalue weighted by molar-refractivity contribution is 7.17. The molecule has 3 nitrogen and oxygen atoms in total. The maximum absolute atomic E-state index is 5.45. The van der Waals surface area contributed by atoms with E-state index in [1.165, 1.54) is 10.3 Å². The number of hydrogen-bond donors (Lipinski definition) is 1. The Kier molecular flexibility index (Phi) is 3.59. The quantitative estimate of drug-likeness (QED) is 0.923. The van der Waals surface area contributed by atoms with E-state index < -0.39 is 0 Å². The SMILES string of the molecule is CNC(c1cnc2ccsc2c1)C1CCOCC1. The standard InChI is InChI=1S/C14H18N2OS/c1-15-14(10-2-5-17-6-3-10)11-8-13-12(16-9-11)4-7-18-13/h4,7-10,14-15H,2-3,5-6H2,1H3. The summed E-state index contributed by atoms with van der Waals surface area (Å²) in [6.45, 7) is 1.77. The second-order valence-electron chi connectivity index (χ2n) is 4.79. The first-order chi connectivity index (χ1) is 8.88. The molecule has 1 aliphatic rings. The first-order valence-electron chi connectivity index (χ1n) is 6.46. The smallest absolute Gasteiger partial charge is 0.0809 e. The minimum absolute atomic E-state index is 0.396. The molecule has 1 N–H and O–H groups in total. The molecule has 0 radical (unpaired) electrons. The normalized spacial score (nSPS) is 19.2. The topological polar surface area (TPSA) is 34.2 Å². The number of hydrogen-bond acceptors (Lipinski definition) is 4. The van der Waals surface area contributed by atoms with Gasteiger partial charge in [0, 0.05) is 25.5 Å². The van der Waals surface area contributed by atoms with Gasteiger partial charge in [-0.1, -0.05) is 0 Å². The third-order valence-electron chi connectivity index (χ3n) is 3.73. The average Bonchev–Trinajstić information content (AvgIpc) is 2.88. The monoisotopic (exact) mass is 262 g/mol. The van der Waals surface area contributed by atoms with Gasteiger partial charge in [0.15, 0.2) is 0 Å². The summed E-state index contributed by atoms with van der Waals surface area (Å²) in [6, 6.07) is 4.75. The molecule has 1 aliphatic heterocycles. The van der Waals surface area contributed by atoms with Gasteiger partial charge in [-0.3, -0.25) is 4.98 Å². The Hall–Kier alpha value is -0.970. The van der Waals surface area contributed by atoms with Crippen molar-refractivity contribution >= 4 is 21.6 Å². The van der Waals surface area contributed by atoms with Crippen molar-refractivity contribution in [2.75, 3.05) is 20.3 Å². The second-order valence-corrected chi connectivity index (χ2v) is 5.74. The molecule has 0 amide bonds. The van der Waals surface area contributed by atoms with Crippen LogP contribution >= 0.6 is 11.3 Å². The molecule has 0 saturated carbocycles. The number of thiophene rings is 1. The van der Waals surface area contributed by atoms with Crippen LogP contribution in [0.4, 0.5) is 0 Å². The Balaban J connectivity index is 1.89. The van der Waals surface area contributed by atoms with Crippen molar-refractivity contribution in [3.8, 4) is 0 Å². The van der Waals surface area contributed by atoms with E-state index in [0.717, 1.165) is 31.6 Å². The van der Waals surface area contributed by atoms with Crippen LogP contribution in [0.15, 0.2) is 23.7 Å². The summed E-state index contributed by atoms with van der Waals surface area (Å²) in [7, 11) is 2.04. The third-order valence-corrected chi connectivity index (χ3v) is 4.58. The van der Waals surface area contributed by atoms with Crippen molar-refractivity contribution in [3.63, 3.8) is 0 Å². The molecule has 2 aromatic rings. The Morgan fingerprint density at radius 1 is 1.44 bits per heavy atom. The summed E-state index contributed by atoms with van der Waals surface area (Å²) in [4.78, 5) is 4.54. The predicted molar refractivity (Wildman–Crippen MR) is 75.0 cm³/mol. The maximum Gasteiger partial charge on any atom is 0.0809 e. The van der Waals surface area contributed by atoms with Crippen molar-refractivity contribution < 1.29 is 4.74 Å². The van der Waals surface area contributed by atoms with Gasteiger partial charge >= 0.3 is 0 Å². The summed E-state index contributed by atoms with van der Waals surface area (Å²) >= 11 is 1.76. The van der Waals surface area contributed by atoms with E-state index in [1.54, 1.807) is 11.3 Å². The van der Waals surface area contributed by atoms with Crippen LogP contribution in [0.5, 0.6) is 0 Å². The fourth-order valence-electron chi connectivity index (χ4n) is 2.76. The number of nitrogens with zero attached hydrogens (tertiary/aromatic N) is 1. The fraction of sp³-hybridized carbons (Fsp3) is 0.500.